The van der Waals surface area contributed by atoms with Crippen molar-refractivity contribution >= 4 is 15.9 Å². The molecular formula is C20H22N2O4S. The minimum Gasteiger partial charge on any atom is -0.480 e. The summed E-state index contributed by atoms with van der Waals surface area (Å²) in [6.45, 7) is 1.42. The van der Waals surface area contributed by atoms with Gasteiger partial charge in [0.15, 0.2) is 6.10 Å². The molecule has 0 aromatic heterocycles. The fraction of sp³-hybridized carbons (Fsp3) is 0.350. The van der Waals surface area contributed by atoms with Crippen molar-refractivity contribution in [2.24, 2.45) is 0 Å². The van der Waals surface area contributed by atoms with Crippen LogP contribution in [0, 0.1) is 0 Å². The SMILES string of the molecule is O=C([C@H]1Cc2ccccc2O1)N1CCN(S(=O)(=O)Cc2ccccc2)CC1. The number of para-hydroxylation sites is 1. The second kappa shape index (κ2) is 7.32. The van der Waals surface area contributed by atoms with Crippen molar-refractivity contribution in [3.8, 4) is 5.75 Å². The third kappa shape index (κ3) is 3.84. The summed E-state index contributed by atoms with van der Waals surface area (Å²) in [5, 5.41) is 0. The lowest BCUT2D eigenvalue weighted by Gasteiger charge is -2.35. The molecule has 0 unspecified atom stereocenters. The first kappa shape index (κ1) is 18.0. The van der Waals surface area contributed by atoms with Gasteiger partial charge in [0.05, 0.1) is 5.75 Å². The summed E-state index contributed by atoms with van der Waals surface area (Å²) in [7, 11) is -3.38. The van der Waals surface area contributed by atoms with Crippen molar-refractivity contribution in [1.29, 1.82) is 0 Å². The van der Waals surface area contributed by atoms with Gasteiger partial charge < -0.3 is 9.64 Å². The maximum absolute atomic E-state index is 12.7. The highest BCUT2D eigenvalue weighted by molar-refractivity contribution is 7.88. The number of sulfonamides is 1. The average Bonchev–Trinajstić information content (AvgIpc) is 3.12. The Labute approximate surface area is 159 Å². The Kier molecular flexibility index (Phi) is 4.88. The first-order valence-corrected chi connectivity index (χ1v) is 10.7. The molecule has 0 saturated carbocycles. The summed E-state index contributed by atoms with van der Waals surface area (Å²) in [6, 6.07) is 16.8. The van der Waals surface area contributed by atoms with Gasteiger partial charge in [-0.1, -0.05) is 48.5 Å². The van der Waals surface area contributed by atoms with E-state index in [-0.39, 0.29) is 11.7 Å². The molecule has 7 heteroatoms. The number of hydrogen-bond donors (Lipinski definition) is 0. The highest BCUT2D eigenvalue weighted by Gasteiger charge is 2.35. The number of amides is 1. The van der Waals surface area contributed by atoms with Crippen molar-refractivity contribution in [2.75, 3.05) is 26.2 Å². The van der Waals surface area contributed by atoms with Crippen LogP contribution in [0.25, 0.3) is 0 Å². The van der Waals surface area contributed by atoms with Crippen LogP contribution in [0.15, 0.2) is 54.6 Å². The molecule has 2 aliphatic rings. The largest absolute Gasteiger partial charge is 0.480 e. The molecule has 2 aromatic carbocycles. The number of nitrogens with zero attached hydrogens (tertiary/aromatic N) is 2. The predicted octanol–water partition coefficient (Wildman–Crippen LogP) is 1.66. The molecule has 0 aliphatic carbocycles. The van der Waals surface area contributed by atoms with Crippen LogP contribution in [0.5, 0.6) is 5.75 Å². The van der Waals surface area contributed by atoms with Crippen LogP contribution in [0.3, 0.4) is 0 Å². The molecule has 27 heavy (non-hydrogen) atoms. The van der Waals surface area contributed by atoms with E-state index in [1.807, 2.05) is 54.6 Å². The van der Waals surface area contributed by atoms with E-state index in [0.717, 1.165) is 16.9 Å². The Hall–Kier alpha value is -2.38. The van der Waals surface area contributed by atoms with Crippen molar-refractivity contribution in [1.82, 2.24) is 9.21 Å². The van der Waals surface area contributed by atoms with Gasteiger partial charge in [-0.05, 0) is 17.2 Å². The van der Waals surface area contributed by atoms with Crippen LogP contribution < -0.4 is 4.74 Å². The zero-order valence-corrected chi connectivity index (χ0v) is 15.8. The van der Waals surface area contributed by atoms with Crippen LogP contribution in [0.1, 0.15) is 11.1 Å². The maximum atomic E-state index is 12.7. The maximum Gasteiger partial charge on any atom is 0.264 e. The summed E-state index contributed by atoms with van der Waals surface area (Å²) in [4.78, 5) is 14.5. The number of benzene rings is 2. The first-order valence-electron chi connectivity index (χ1n) is 9.08. The van der Waals surface area contributed by atoms with Gasteiger partial charge in [0.25, 0.3) is 5.91 Å². The molecule has 0 N–H and O–H groups in total. The van der Waals surface area contributed by atoms with Gasteiger partial charge in [0.2, 0.25) is 10.0 Å². The fourth-order valence-corrected chi connectivity index (χ4v) is 5.10. The molecule has 0 radical (unpaired) electrons. The highest BCUT2D eigenvalue weighted by atomic mass is 32.2. The predicted molar refractivity (Wildman–Crippen MR) is 102 cm³/mol. The lowest BCUT2D eigenvalue weighted by atomic mass is 10.1. The zero-order valence-electron chi connectivity index (χ0n) is 15.0. The van der Waals surface area contributed by atoms with E-state index in [0.29, 0.717) is 32.6 Å². The number of carbonyl (C=O) groups is 1. The number of rotatable bonds is 4. The molecular weight excluding hydrogens is 364 g/mol. The smallest absolute Gasteiger partial charge is 0.264 e. The van der Waals surface area contributed by atoms with Gasteiger partial charge in [0, 0.05) is 32.6 Å². The van der Waals surface area contributed by atoms with E-state index in [9.17, 15) is 13.2 Å². The van der Waals surface area contributed by atoms with E-state index in [1.54, 1.807) is 4.90 Å². The molecule has 2 aliphatic heterocycles. The number of carbonyl (C=O) groups excluding carboxylic acids is 1. The van der Waals surface area contributed by atoms with E-state index < -0.39 is 16.1 Å². The van der Waals surface area contributed by atoms with Crippen molar-refractivity contribution < 1.29 is 17.9 Å². The minimum atomic E-state index is -3.38. The number of hydrogen-bond acceptors (Lipinski definition) is 4. The molecule has 1 amide bonds. The van der Waals surface area contributed by atoms with Gasteiger partial charge >= 0.3 is 0 Å². The fourth-order valence-electron chi connectivity index (χ4n) is 3.59. The van der Waals surface area contributed by atoms with E-state index in [2.05, 4.69) is 0 Å². The summed E-state index contributed by atoms with van der Waals surface area (Å²) < 4.78 is 32.5. The van der Waals surface area contributed by atoms with Crippen LogP contribution >= 0.6 is 0 Å². The molecule has 142 valence electrons. The summed E-state index contributed by atoms with van der Waals surface area (Å²) in [5.74, 6) is 0.689. The molecule has 4 rings (SSSR count). The Morgan fingerprint density at radius 3 is 2.33 bits per heavy atom. The van der Waals surface area contributed by atoms with Crippen LogP contribution in [-0.2, 0) is 27.0 Å². The van der Waals surface area contributed by atoms with E-state index in [4.69, 9.17) is 4.74 Å². The van der Waals surface area contributed by atoms with Crippen molar-refractivity contribution in [3.63, 3.8) is 0 Å². The Morgan fingerprint density at radius 2 is 1.63 bits per heavy atom. The van der Waals surface area contributed by atoms with Crippen molar-refractivity contribution in [2.45, 2.75) is 18.3 Å². The molecule has 2 heterocycles. The van der Waals surface area contributed by atoms with E-state index >= 15 is 0 Å². The van der Waals surface area contributed by atoms with Crippen LogP contribution in [0.4, 0.5) is 0 Å². The van der Waals surface area contributed by atoms with Crippen LogP contribution in [0.2, 0.25) is 0 Å². The Bertz CT molecular complexity index is 897. The number of fused-ring (bicyclic) bond motifs is 1. The van der Waals surface area contributed by atoms with Crippen molar-refractivity contribution in [3.05, 3.63) is 65.7 Å². The second-order valence-corrected chi connectivity index (χ2v) is 8.85. The first-order chi connectivity index (χ1) is 13.0. The quantitative estimate of drug-likeness (QED) is 0.802. The normalized spacial score (nSPS) is 20.1. The minimum absolute atomic E-state index is 0.0111. The molecule has 0 bridgehead atoms. The van der Waals surface area contributed by atoms with E-state index in [1.165, 1.54) is 4.31 Å². The highest BCUT2D eigenvalue weighted by Crippen LogP contribution is 2.29. The zero-order chi connectivity index (χ0) is 18.9. The van der Waals surface area contributed by atoms with Gasteiger partial charge in [0.1, 0.15) is 5.75 Å². The number of ether oxygens (including phenoxy) is 1. The molecule has 0 spiro atoms. The Balaban J connectivity index is 1.34. The lowest BCUT2D eigenvalue weighted by Crippen LogP contribution is -2.53. The van der Waals surface area contributed by atoms with Gasteiger partial charge in [-0.15, -0.1) is 0 Å². The standard InChI is InChI=1S/C20H22N2O4S/c23-20(19-14-17-8-4-5-9-18(17)26-19)21-10-12-22(13-11-21)27(24,25)15-16-6-2-1-3-7-16/h1-9,19H,10-15H2/t19-/m1/s1. The third-order valence-corrected chi connectivity index (χ3v) is 6.91. The molecule has 6 nitrogen and oxygen atoms in total. The summed E-state index contributed by atoms with van der Waals surface area (Å²) in [6.07, 6.45) is 0.0662. The summed E-state index contributed by atoms with van der Waals surface area (Å²) in [5.41, 5.74) is 1.81. The summed E-state index contributed by atoms with van der Waals surface area (Å²) >= 11 is 0. The van der Waals surface area contributed by atoms with Gasteiger partial charge in [-0.25, -0.2) is 8.42 Å². The Morgan fingerprint density at radius 1 is 0.963 bits per heavy atom. The lowest BCUT2D eigenvalue weighted by molar-refractivity contribution is -0.139. The molecule has 1 saturated heterocycles. The average molecular weight is 386 g/mol. The second-order valence-electron chi connectivity index (χ2n) is 6.88. The monoisotopic (exact) mass is 386 g/mol. The molecule has 2 aromatic rings. The number of piperazine rings is 1. The van der Waals surface area contributed by atoms with Crippen LogP contribution in [-0.4, -0.2) is 55.8 Å². The molecule has 1 atom stereocenters. The third-order valence-electron chi connectivity index (χ3n) is 5.06. The van der Waals surface area contributed by atoms with Gasteiger partial charge in [-0.2, -0.15) is 4.31 Å². The topological polar surface area (TPSA) is 66.9 Å². The van der Waals surface area contributed by atoms with Gasteiger partial charge in [-0.3, -0.25) is 4.79 Å². The molecule has 1 fully saturated rings.